The summed E-state index contributed by atoms with van der Waals surface area (Å²) in [5.41, 5.74) is 2.28. The number of nitrogens with one attached hydrogen (secondary N) is 1. The topological polar surface area (TPSA) is 103 Å². The second kappa shape index (κ2) is 7.52. The van der Waals surface area contributed by atoms with E-state index in [1.54, 1.807) is 6.20 Å². The zero-order valence-corrected chi connectivity index (χ0v) is 13.8. The molecule has 3 heterocycles. The fraction of sp³-hybridized carbons (Fsp3) is 0.235. The van der Waals surface area contributed by atoms with Crippen molar-refractivity contribution in [2.75, 3.05) is 0 Å². The van der Waals surface area contributed by atoms with Crippen LogP contribution in [0.15, 0.2) is 47.6 Å². The predicted molar refractivity (Wildman–Crippen MR) is 88.7 cm³/mol. The molecule has 1 amide bonds. The molecule has 0 unspecified atom stereocenters. The van der Waals surface area contributed by atoms with E-state index in [9.17, 15) is 4.79 Å². The van der Waals surface area contributed by atoms with E-state index in [2.05, 4.69) is 25.4 Å². The van der Waals surface area contributed by atoms with Gasteiger partial charge in [-0.1, -0.05) is 11.2 Å². The van der Waals surface area contributed by atoms with Gasteiger partial charge in [-0.25, -0.2) is 9.97 Å². The smallest absolute Gasteiger partial charge is 0.271 e. The van der Waals surface area contributed by atoms with Crippen LogP contribution < -0.4 is 10.1 Å². The van der Waals surface area contributed by atoms with Crippen LogP contribution in [0.2, 0.25) is 0 Å². The summed E-state index contributed by atoms with van der Waals surface area (Å²) in [5, 5.41) is 6.71. The standard InChI is InChI=1S/C17H17N5O3/c1-11(2)21-17(23)14-7-20-15(8-19-14)24-9-12-10-25-22-16(12)13-5-3-4-6-18-13/h3-8,10-11H,9H2,1-2H3,(H,21,23). The van der Waals surface area contributed by atoms with Crippen molar-refractivity contribution in [3.8, 4) is 17.3 Å². The van der Waals surface area contributed by atoms with Gasteiger partial charge in [0.2, 0.25) is 5.88 Å². The van der Waals surface area contributed by atoms with Gasteiger partial charge in [0, 0.05) is 12.2 Å². The Bertz CT molecular complexity index is 831. The van der Waals surface area contributed by atoms with Crippen molar-refractivity contribution in [2.24, 2.45) is 0 Å². The van der Waals surface area contributed by atoms with Gasteiger partial charge in [-0.15, -0.1) is 0 Å². The summed E-state index contributed by atoms with van der Waals surface area (Å²) in [7, 11) is 0. The maximum absolute atomic E-state index is 11.8. The Morgan fingerprint density at radius 3 is 2.80 bits per heavy atom. The third-order valence-corrected chi connectivity index (χ3v) is 3.21. The molecule has 0 aliphatic carbocycles. The van der Waals surface area contributed by atoms with Gasteiger partial charge < -0.3 is 14.6 Å². The van der Waals surface area contributed by atoms with Crippen molar-refractivity contribution in [1.82, 2.24) is 25.4 Å². The van der Waals surface area contributed by atoms with Crippen molar-refractivity contribution in [3.63, 3.8) is 0 Å². The Kier molecular flexibility index (Phi) is 4.98. The van der Waals surface area contributed by atoms with Gasteiger partial charge >= 0.3 is 0 Å². The molecule has 0 radical (unpaired) electrons. The van der Waals surface area contributed by atoms with Gasteiger partial charge in [-0.3, -0.25) is 9.78 Å². The number of hydrogen-bond donors (Lipinski definition) is 1. The highest BCUT2D eigenvalue weighted by Gasteiger charge is 2.13. The van der Waals surface area contributed by atoms with Crippen LogP contribution in [0.1, 0.15) is 29.9 Å². The molecule has 1 N–H and O–H groups in total. The summed E-state index contributed by atoms with van der Waals surface area (Å²) < 4.78 is 10.6. The van der Waals surface area contributed by atoms with Gasteiger partial charge in [-0.05, 0) is 26.0 Å². The van der Waals surface area contributed by atoms with Crippen molar-refractivity contribution in [1.29, 1.82) is 0 Å². The molecule has 0 fully saturated rings. The molecule has 3 aromatic heterocycles. The lowest BCUT2D eigenvalue weighted by atomic mass is 10.2. The maximum Gasteiger partial charge on any atom is 0.271 e. The Labute approximate surface area is 144 Å². The predicted octanol–water partition coefficient (Wildman–Crippen LogP) is 2.24. The van der Waals surface area contributed by atoms with Gasteiger partial charge in [0.15, 0.2) is 0 Å². The molecule has 25 heavy (non-hydrogen) atoms. The van der Waals surface area contributed by atoms with Crippen LogP contribution in [0, 0.1) is 0 Å². The van der Waals surface area contributed by atoms with Gasteiger partial charge in [0.05, 0.1) is 23.7 Å². The fourth-order valence-electron chi connectivity index (χ4n) is 2.07. The van der Waals surface area contributed by atoms with Crippen LogP contribution in [-0.4, -0.2) is 32.1 Å². The van der Waals surface area contributed by atoms with Crippen molar-refractivity contribution >= 4 is 5.91 Å². The molecule has 128 valence electrons. The van der Waals surface area contributed by atoms with E-state index in [1.807, 2.05) is 32.0 Å². The summed E-state index contributed by atoms with van der Waals surface area (Å²) in [6.07, 6.45) is 5.96. The van der Waals surface area contributed by atoms with E-state index < -0.39 is 0 Å². The molecular weight excluding hydrogens is 322 g/mol. The fourth-order valence-corrected chi connectivity index (χ4v) is 2.07. The van der Waals surface area contributed by atoms with E-state index in [1.165, 1.54) is 18.7 Å². The van der Waals surface area contributed by atoms with Crippen LogP contribution in [0.25, 0.3) is 11.4 Å². The number of amides is 1. The molecule has 0 bridgehead atoms. The minimum Gasteiger partial charge on any atom is -0.471 e. The Morgan fingerprint density at radius 1 is 1.24 bits per heavy atom. The SMILES string of the molecule is CC(C)NC(=O)c1cnc(OCc2conc2-c2ccccn2)cn1. The minimum atomic E-state index is -0.273. The molecule has 0 saturated carbocycles. The summed E-state index contributed by atoms with van der Waals surface area (Å²) >= 11 is 0. The normalized spacial score (nSPS) is 10.7. The first-order valence-corrected chi connectivity index (χ1v) is 7.74. The zero-order chi connectivity index (χ0) is 17.6. The highest BCUT2D eigenvalue weighted by molar-refractivity contribution is 5.92. The lowest BCUT2D eigenvalue weighted by Crippen LogP contribution is -2.30. The second-order valence-corrected chi connectivity index (χ2v) is 5.56. The highest BCUT2D eigenvalue weighted by atomic mass is 16.5. The van der Waals surface area contributed by atoms with Crippen LogP contribution in [0.4, 0.5) is 0 Å². The number of ether oxygens (including phenoxy) is 1. The third-order valence-electron chi connectivity index (χ3n) is 3.21. The average molecular weight is 339 g/mol. The first kappa shape index (κ1) is 16.6. The van der Waals surface area contributed by atoms with Crippen LogP contribution >= 0.6 is 0 Å². The molecule has 3 rings (SSSR count). The lowest BCUT2D eigenvalue weighted by Gasteiger charge is -2.08. The number of rotatable bonds is 6. The van der Waals surface area contributed by atoms with Crippen molar-refractivity contribution in [3.05, 3.63) is 54.3 Å². The number of hydrogen-bond acceptors (Lipinski definition) is 7. The van der Waals surface area contributed by atoms with Gasteiger partial charge in [0.25, 0.3) is 5.91 Å². The molecule has 0 aromatic carbocycles. The number of nitrogens with zero attached hydrogens (tertiary/aromatic N) is 4. The van der Waals surface area contributed by atoms with Crippen LogP contribution in [-0.2, 0) is 6.61 Å². The molecule has 8 nitrogen and oxygen atoms in total. The number of carbonyl (C=O) groups is 1. The van der Waals surface area contributed by atoms with E-state index in [-0.39, 0.29) is 24.2 Å². The van der Waals surface area contributed by atoms with E-state index >= 15 is 0 Å². The molecule has 0 atom stereocenters. The minimum absolute atomic E-state index is 0.0313. The molecule has 0 saturated heterocycles. The summed E-state index contributed by atoms with van der Waals surface area (Å²) in [5.74, 6) is 0.0276. The third kappa shape index (κ3) is 4.17. The molecular formula is C17H17N5O3. The highest BCUT2D eigenvalue weighted by Crippen LogP contribution is 2.20. The quantitative estimate of drug-likeness (QED) is 0.734. The Balaban J connectivity index is 1.65. The molecule has 8 heteroatoms. The first-order chi connectivity index (χ1) is 12.1. The maximum atomic E-state index is 11.8. The Morgan fingerprint density at radius 2 is 2.12 bits per heavy atom. The molecule has 3 aromatic rings. The van der Waals surface area contributed by atoms with Crippen LogP contribution in [0.3, 0.4) is 0 Å². The summed E-state index contributed by atoms with van der Waals surface area (Å²) in [4.78, 5) is 24.2. The lowest BCUT2D eigenvalue weighted by molar-refractivity contribution is 0.0937. The molecule has 0 aliphatic rings. The number of carbonyl (C=O) groups excluding carboxylic acids is 1. The van der Waals surface area contributed by atoms with E-state index in [0.29, 0.717) is 17.3 Å². The summed E-state index contributed by atoms with van der Waals surface area (Å²) in [6.45, 7) is 3.95. The Hall–Kier alpha value is -3.29. The molecule has 0 spiro atoms. The number of pyridine rings is 1. The summed E-state index contributed by atoms with van der Waals surface area (Å²) in [6, 6.07) is 5.56. The second-order valence-electron chi connectivity index (χ2n) is 5.56. The molecule has 0 aliphatic heterocycles. The van der Waals surface area contributed by atoms with Crippen LogP contribution in [0.5, 0.6) is 5.88 Å². The van der Waals surface area contributed by atoms with Crippen molar-refractivity contribution in [2.45, 2.75) is 26.5 Å². The zero-order valence-electron chi connectivity index (χ0n) is 13.8. The van der Waals surface area contributed by atoms with E-state index in [0.717, 1.165) is 5.56 Å². The van der Waals surface area contributed by atoms with Crippen molar-refractivity contribution < 1.29 is 14.1 Å². The monoisotopic (exact) mass is 339 g/mol. The first-order valence-electron chi connectivity index (χ1n) is 7.74. The largest absolute Gasteiger partial charge is 0.471 e. The number of aromatic nitrogens is 4. The average Bonchev–Trinajstić information content (AvgIpc) is 3.09. The van der Waals surface area contributed by atoms with Gasteiger partial charge in [-0.2, -0.15) is 0 Å². The van der Waals surface area contributed by atoms with E-state index in [4.69, 9.17) is 9.26 Å². The van der Waals surface area contributed by atoms with Gasteiger partial charge in [0.1, 0.15) is 24.3 Å².